The van der Waals surface area contributed by atoms with Crippen LogP contribution in [0.15, 0.2) is 40.3 Å². The minimum absolute atomic E-state index is 0.0541. The molecule has 1 amide bonds. The number of fused-ring (bicyclic) bond motifs is 3. The van der Waals surface area contributed by atoms with Gasteiger partial charge in [-0.3, -0.25) is 14.2 Å². The second-order valence-electron chi connectivity index (χ2n) is 6.94. The van der Waals surface area contributed by atoms with E-state index in [2.05, 4.69) is 12.2 Å². The average molecular weight is 414 g/mol. The van der Waals surface area contributed by atoms with Crippen LogP contribution in [0.3, 0.4) is 0 Å². The zero-order valence-corrected chi connectivity index (χ0v) is 17.5. The fraction of sp³-hybridized carbons (Fsp3) is 0.381. The van der Waals surface area contributed by atoms with E-state index in [1.807, 2.05) is 30.3 Å². The number of nitrogens with one attached hydrogen (secondary N) is 1. The molecular weight excluding hydrogens is 390 g/mol. The normalized spacial score (nSPS) is 13.0. The summed E-state index contributed by atoms with van der Waals surface area (Å²) in [5.74, 6) is 0.194. The number of carbonyl (C=O) groups is 1. The van der Waals surface area contributed by atoms with Gasteiger partial charge in [0.1, 0.15) is 4.83 Å². The lowest BCUT2D eigenvalue weighted by molar-refractivity contribution is -0.118. The van der Waals surface area contributed by atoms with Gasteiger partial charge in [-0.2, -0.15) is 0 Å². The Kier molecular flexibility index (Phi) is 5.82. The third-order valence-electron chi connectivity index (χ3n) is 4.90. The number of hydrogen-bond donors (Lipinski definition) is 1. The zero-order valence-electron chi connectivity index (χ0n) is 15.9. The van der Waals surface area contributed by atoms with Crippen LogP contribution in [-0.2, 0) is 30.7 Å². The smallest absolute Gasteiger partial charge is 0.263 e. The van der Waals surface area contributed by atoms with E-state index in [0.29, 0.717) is 18.2 Å². The van der Waals surface area contributed by atoms with Crippen LogP contribution < -0.4 is 10.9 Å². The predicted molar refractivity (Wildman–Crippen MR) is 115 cm³/mol. The van der Waals surface area contributed by atoms with Gasteiger partial charge >= 0.3 is 0 Å². The minimum atomic E-state index is -0.0556. The summed E-state index contributed by atoms with van der Waals surface area (Å²) < 4.78 is 1.75. The number of aryl methyl sites for hydroxylation is 2. The molecule has 4 rings (SSSR count). The van der Waals surface area contributed by atoms with Gasteiger partial charge in [-0.05, 0) is 36.8 Å². The molecule has 1 aromatic carbocycles. The van der Waals surface area contributed by atoms with Crippen molar-refractivity contribution in [2.75, 3.05) is 5.75 Å². The maximum atomic E-state index is 13.1. The SMILES string of the molecule is CCCn1c(SCC(=O)NCc2ccccc2)nc2sc3c(c2c1=O)CCC3. The summed E-state index contributed by atoms with van der Waals surface area (Å²) >= 11 is 2.99. The second-order valence-corrected chi connectivity index (χ2v) is 8.97. The number of carbonyl (C=O) groups excluding carboxylic acids is 1. The van der Waals surface area contributed by atoms with Crippen LogP contribution in [0.4, 0.5) is 0 Å². The molecule has 3 aromatic rings. The molecular formula is C21H23N3O2S2. The quantitative estimate of drug-likeness (QED) is 0.473. The summed E-state index contributed by atoms with van der Waals surface area (Å²) in [6.07, 6.45) is 4.01. The van der Waals surface area contributed by atoms with Gasteiger partial charge in [-0.25, -0.2) is 4.98 Å². The van der Waals surface area contributed by atoms with E-state index >= 15 is 0 Å². The van der Waals surface area contributed by atoms with Crippen LogP contribution in [0.5, 0.6) is 0 Å². The highest BCUT2D eigenvalue weighted by molar-refractivity contribution is 7.99. The van der Waals surface area contributed by atoms with Crippen molar-refractivity contribution in [3.05, 3.63) is 56.7 Å². The number of aromatic nitrogens is 2. The monoisotopic (exact) mass is 413 g/mol. The van der Waals surface area contributed by atoms with E-state index in [0.717, 1.165) is 41.5 Å². The lowest BCUT2D eigenvalue weighted by Crippen LogP contribution is -2.26. The van der Waals surface area contributed by atoms with Crippen molar-refractivity contribution >= 4 is 39.2 Å². The molecule has 0 spiro atoms. The van der Waals surface area contributed by atoms with Crippen molar-refractivity contribution in [2.45, 2.75) is 50.9 Å². The Bertz CT molecular complexity index is 1060. The lowest BCUT2D eigenvalue weighted by Gasteiger charge is -2.11. The predicted octanol–water partition coefficient (Wildman–Crippen LogP) is 3.77. The molecule has 2 aromatic heterocycles. The van der Waals surface area contributed by atoms with Gasteiger partial charge in [-0.1, -0.05) is 49.0 Å². The van der Waals surface area contributed by atoms with Gasteiger partial charge in [-0.15, -0.1) is 11.3 Å². The summed E-state index contributed by atoms with van der Waals surface area (Å²) in [4.78, 5) is 32.3. The van der Waals surface area contributed by atoms with Crippen molar-refractivity contribution in [2.24, 2.45) is 0 Å². The Morgan fingerprint density at radius 3 is 2.89 bits per heavy atom. The maximum Gasteiger partial charge on any atom is 0.263 e. The topological polar surface area (TPSA) is 64.0 Å². The Balaban J connectivity index is 1.52. The molecule has 5 nitrogen and oxygen atoms in total. The molecule has 1 aliphatic carbocycles. The largest absolute Gasteiger partial charge is 0.351 e. The maximum absolute atomic E-state index is 13.1. The molecule has 0 saturated heterocycles. The van der Waals surface area contributed by atoms with Crippen LogP contribution in [0.1, 0.15) is 35.8 Å². The lowest BCUT2D eigenvalue weighted by atomic mass is 10.2. The van der Waals surface area contributed by atoms with Crippen molar-refractivity contribution in [1.82, 2.24) is 14.9 Å². The zero-order chi connectivity index (χ0) is 19.5. The van der Waals surface area contributed by atoms with Crippen molar-refractivity contribution in [3.8, 4) is 0 Å². The van der Waals surface area contributed by atoms with Gasteiger partial charge in [0.2, 0.25) is 5.91 Å². The van der Waals surface area contributed by atoms with E-state index in [1.54, 1.807) is 15.9 Å². The van der Waals surface area contributed by atoms with E-state index in [-0.39, 0.29) is 17.2 Å². The number of benzene rings is 1. The van der Waals surface area contributed by atoms with E-state index in [4.69, 9.17) is 4.98 Å². The third-order valence-corrected chi connectivity index (χ3v) is 7.06. The molecule has 0 radical (unpaired) electrons. The molecule has 2 heterocycles. The van der Waals surface area contributed by atoms with Crippen LogP contribution in [-0.4, -0.2) is 21.2 Å². The molecule has 0 aliphatic heterocycles. The number of amides is 1. The highest BCUT2D eigenvalue weighted by atomic mass is 32.2. The van der Waals surface area contributed by atoms with Gasteiger partial charge in [0.05, 0.1) is 11.1 Å². The number of nitrogens with zero attached hydrogens (tertiary/aromatic N) is 2. The Morgan fingerprint density at radius 1 is 1.29 bits per heavy atom. The molecule has 0 bridgehead atoms. The Labute approximate surface area is 172 Å². The number of thiophene rings is 1. The molecule has 7 heteroatoms. The molecule has 0 unspecified atom stereocenters. The van der Waals surface area contributed by atoms with Crippen molar-refractivity contribution < 1.29 is 4.79 Å². The second kappa shape index (κ2) is 8.49. The first-order valence-corrected chi connectivity index (χ1v) is 11.5. The summed E-state index contributed by atoms with van der Waals surface area (Å²) in [6, 6.07) is 9.83. The van der Waals surface area contributed by atoms with E-state index in [9.17, 15) is 9.59 Å². The van der Waals surface area contributed by atoms with Gasteiger partial charge in [0, 0.05) is 18.0 Å². The van der Waals surface area contributed by atoms with E-state index in [1.165, 1.54) is 22.2 Å². The third kappa shape index (κ3) is 3.86. The fourth-order valence-electron chi connectivity index (χ4n) is 3.57. The van der Waals surface area contributed by atoms with Gasteiger partial charge in [0.25, 0.3) is 5.56 Å². The number of rotatable bonds is 7. The Morgan fingerprint density at radius 2 is 2.11 bits per heavy atom. The van der Waals surface area contributed by atoms with Crippen LogP contribution in [0.25, 0.3) is 10.2 Å². The van der Waals surface area contributed by atoms with E-state index < -0.39 is 0 Å². The standard InChI is InChI=1S/C21H23N3O2S2/c1-2-11-24-20(26)18-15-9-6-10-16(15)28-19(18)23-21(24)27-13-17(25)22-12-14-7-4-3-5-8-14/h3-5,7-8H,2,6,9-13H2,1H3,(H,22,25). The van der Waals surface area contributed by atoms with Gasteiger partial charge in [0.15, 0.2) is 5.16 Å². The van der Waals surface area contributed by atoms with Crippen LogP contribution >= 0.6 is 23.1 Å². The number of hydrogen-bond acceptors (Lipinski definition) is 5. The Hall–Kier alpha value is -2.12. The summed E-state index contributed by atoms with van der Waals surface area (Å²) in [6.45, 7) is 3.18. The summed E-state index contributed by atoms with van der Waals surface area (Å²) in [5, 5.41) is 4.39. The minimum Gasteiger partial charge on any atom is -0.351 e. The highest BCUT2D eigenvalue weighted by Gasteiger charge is 2.23. The fourth-order valence-corrected chi connectivity index (χ4v) is 5.72. The molecule has 1 aliphatic rings. The van der Waals surface area contributed by atoms with Crippen LogP contribution in [0.2, 0.25) is 0 Å². The first-order valence-electron chi connectivity index (χ1n) is 9.66. The first kappa shape index (κ1) is 19.2. The molecule has 0 atom stereocenters. The average Bonchev–Trinajstić information content (AvgIpc) is 3.29. The van der Waals surface area contributed by atoms with Crippen LogP contribution in [0, 0.1) is 0 Å². The number of thioether (sulfide) groups is 1. The van der Waals surface area contributed by atoms with Crippen molar-refractivity contribution in [1.29, 1.82) is 0 Å². The van der Waals surface area contributed by atoms with Crippen molar-refractivity contribution in [3.63, 3.8) is 0 Å². The molecule has 0 fully saturated rings. The molecule has 1 N–H and O–H groups in total. The van der Waals surface area contributed by atoms with Gasteiger partial charge < -0.3 is 5.32 Å². The molecule has 28 heavy (non-hydrogen) atoms. The molecule has 146 valence electrons. The first-order chi connectivity index (χ1) is 13.7. The molecule has 0 saturated carbocycles. The highest BCUT2D eigenvalue weighted by Crippen LogP contribution is 2.35. The summed E-state index contributed by atoms with van der Waals surface area (Å²) in [5.41, 5.74) is 2.33. The summed E-state index contributed by atoms with van der Waals surface area (Å²) in [7, 11) is 0.